The van der Waals surface area contributed by atoms with Gasteiger partial charge in [0.2, 0.25) is 0 Å². The Bertz CT molecular complexity index is 1400. The quantitative estimate of drug-likeness (QED) is 0.0967. The smallest absolute Gasteiger partial charge is 0.322 e. The molecule has 4 heterocycles. The third-order valence-corrected chi connectivity index (χ3v) is 9.82. The molecule has 0 saturated carbocycles. The zero-order chi connectivity index (χ0) is 40.3. The third-order valence-electron chi connectivity index (χ3n) is 9.82. The number of nitrogens with one attached hydrogen (secondary N) is 2. The van der Waals surface area contributed by atoms with Crippen molar-refractivity contribution in [2.45, 2.75) is 180 Å². The van der Waals surface area contributed by atoms with Crippen molar-refractivity contribution in [2.75, 3.05) is 28.4 Å². The van der Waals surface area contributed by atoms with Crippen molar-refractivity contribution in [3.8, 4) is 24.0 Å². The van der Waals surface area contributed by atoms with Gasteiger partial charge in [0.05, 0.1) is 40.5 Å². The number of aryl methyl sites for hydroxylation is 2. The number of piperidine rings is 2. The van der Waals surface area contributed by atoms with Gasteiger partial charge in [0.1, 0.15) is 11.6 Å². The second-order valence-electron chi connectivity index (χ2n) is 17.6. The van der Waals surface area contributed by atoms with E-state index in [1.807, 2.05) is 0 Å². The number of hydrogen-bond acceptors (Lipinski definition) is 15. The summed E-state index contributed by atoms with van der Waals surface area (Å²) in [7, 11) is 6.17. The molecule has 15 heteroatoms. The topological polar surface area (TPSA) is 172 Å². The van der Waals surface area contributed by atoms with Crippen molar-refractivity contribution < 1.29 is 23.7 Å². The van der Waals surface area contributed by atoms with Gasteiger partial charge in [0.15, 0.2) is 11.8 Å². The Hall–Kier alpha value is -3.72. The highest BCUT2D eigenvalue weighted by molar-refractivity contribution is 5.91. The van der Waals surface area contributed by atoms with E-state index in [1.165, 1.54) is 0 Å². The van der Waals surface area contributed by atoms with Crippen molar-refractivity contribution in [3.05, 3.63) is 11.6 Å². The van der Waals surface area contributed by atoms with Gasteiger partial charge < -0.3 is 34.3 Å². The van der Waals surface area contributed by atoms with E-state index in [0.717, 1.165) is 88.8 Å². The minimum atomic E-state index is -0.0383. The van der Waals surface area contributed by atoms with Gasteiger partial charge in [0, 0.05) is 47.8 Å². The standard InChI is InChI=1S/C40H68N10O5/c1-37(2)23-27(24-38(3,4)49-37)41-31(21-17-13-15-19-29-43-33(51-9)47-34(44-29)52-10)55-32(42-28-25-39(5,6)50-40(7,8)26-28)22-18-14-16-20-30-45-35(53-11)48-36(46-30)54-12/h27-28,49-50H,13-26H2,1-12H3. The van der Waals surface area contributed by atoms with E-state index in [4.69, 9.17) is 33.7 Å². The van der Waals surface area contributed by atoms with Crippen LogP contribution in [0.3, 0.4) is 0 Å². The average Bonchev–Trinajstić information content (AvgIpc) is 3.08. The maximum atomic E-state index is 6.91. The van der Waals surface area contributed by atoms with Gasteiger partial charge >= 0.3 is 24.0 Å². The summed E-state index contributed by atoms with van der Waals surface area (Å²) in [6.07, 6.45) is 12.1. The lowest BCUT2D eigenvalue weighted by atomic mass is 9.80. The summed E-state index contributed by atoms with van der Waals surface area (Å²) >= 11 is 0. The molecule has 2 N–H and O–H groups in total. The Morgan fingerprint density at radius 2 is 0.800 bits per heavy atom. The van der Waals surface area contributed by atoms with E-state index in [9.17, 15) is 0 Å². The summed E-state index contributed by atoms with van der Waals surface area (Å²) in [6.45, 7) is 18.1. The zero-order valence-corrected chi connectivity index (χ0v) is 35.7. The van der Waals surface area contributed by atoms with Crippen LogP contribution in [0.2, 0.25) is 0 Å². The summed E-state index contributed by atoms with van der Waals surface area (Å²) in [5, 5.41) is 7.60. The van der Waals surface area contributed by atoms with Crippen LogP contribution in [-0.4, -0.2) is 104 Å². The van der Waals surface area contributed by atoms with Gasteiger partial charge in [0.25, 0.3) is 0 Å². The number of nitrogens with zero attached hydrogens (tertiary/aromatic N) is 8. The van der Waals surface area contributed by atoms with E-state index in [-0.39, 0.29) is 58.3 Å². The van der Waals surface area contributed by atoms with Gasteiger partial charge in [-0.1, -0.05) is 12.8 Å². The van der Waals surface area contributed by atoms with Gasteiger partial charge in [-0.2, -0.15) is 19.9 Å². The average molecular weight is 769 g/mol. The van der Waals surface area contributed by atoms with Crippen LogP contribution in [0, 0.1) is 0 Å². The number of unbranched alkanes of at least 4 members (excludes halogenated alkanes) is 4. The van der Waals surface area contributed by atoms with E-state index < -0.39 is 0 Å². The lowest BCUT2D eigenvalue weighted by Gasteiger charge is -2.45. The number of rotatable bonds is 18. The third kappa shape index (κ3) is 15.0. The van der Waals surface area contributed by atoms with E-state index in [0.29, 0.717) is 24.5 Å². The highest BCUT2D eigenvalue weighted by Gasteiger charge is 2.39. The maximum absolute atomic E-state index is 6.91. The van der Waals surface area contributed by atoms with Crippen LogP contribution >= 0.6 is 0 Å². The Morgan fingerprint density at radius 3 is 1.09 bits per heavy atom. The Morgan fingerprint density at radius 1 is 0.491 bits per heavy atom. The molecule has 2 aliphatic rings. The minimum absolute atomic E-state index is 0.0383. The number of aromatic nitrogens is 6. The van der Waals surface area contributed by atoms with Crippen LogP contribution in [0.4, 0.5) is 0 Å². The number of ether oxygens (including phenoxy) is 5. The zero-order valence-electron chi connectivity index (χ0n) is 35.7. The van der Waals surface area contributed by atoms with Crippen LogP contribution in [0.5, 0.6) is 24.0 Å². The van der Waals surface area contributed by atoms with E-state index in [2.05, 4.69) is 95.9 Å². The highest BCUT2D eigenvalue weighted by atomic mass is 16.5. The van der Waals surface area contributed by atoms with Crippen LogP contribution in [0.1, 0.15) is 144 Å². The molecule has 308 valence electrons. The molecule has 2 aromatic heterocycles. The number of methoxy groups -OCH3 is 4. The second-order valence-corrected chi connectivity index (χ2v) is 17.6. The summed E-state index contributed by atoms with van der Waals surface area (Å²) in [5.41, 5.74) is -0.153. The number of aliphatic imine (C=N–C) groups is 2. The van der Waals surface area contributed by atoms with Gasteiger partial charge in [-0.3, -0.25) is 9.98 Å². The van der Waals surface area contributed by atoms with Crippen LogP contribution < -0.4 is 29.6 Å². The van der Waals surface area contributed by atoms with E-state index >= 15 is 0 Å². The first kappa shape index (κ1) is 44.0. The fourth-order valence-electron chi connectivity index (χ4n) is 8.36. The molecule has 2 aliphatic heterocycles. The summed E-state index contributed by atoms with van der Waals surface area (Å²) in [6, 6.07) is 1.32. The van der Waals surface area contributed by atoms with Gasteiger partial charge in [-0.05, 0) is 107 Å². The molecule has 0 radical (unpaired) electrons. The molecule has 0 aromatic carbocycles. The van der Waals surface area contributed by atoms with Crippen molar-refractivity contribution in [1.29, 1.82) is 0 Å². The fraction of sp³-hybridized carbons (Fsp3) is 0.800. The molecule has 0 unspecified atom stereocenters. The minimum Gasteiger partial charge on any atom is -0.467 e. The second kappa shape index (κ2) is 19.4. The predicted octanol–water partition coefficient (Wildman–Crippen LogP) is 6.43. The molecule has 15 nitrogen and oxygen atoms in total. The normalized spacial score (nSPS) is 19.9. The van der Waals surface area contributed by atoms with Crippen LogP contribution in [0.15, 0.2) is 9.98 Å². The molecule has 55 heavy (non-hydrogen) atoms. The molecular weight excluding hydrogens is 701 g/mol. The molecule has 2 fully saturated rings. The summed E-state index contributed by atoms with van der Waals surface area (Å²) in [4.78, 5) is 36.6. The highest BCUT2D eigenvalue weighted by Crippen LogP contribution is 2.32. The Balaban J connectivity index is 1.51. The van der Waals surface area contributed by atoms with E-state index in [1.54, 1.807) is 28.4 Å². The van der Waals surface area contributed by atoms with Crippen LogP contribution in [0.25, 0.3) is 0 Å². The molecule has 4 rings (SSSR count). The molecule has 0 atom stereocenters. The van der Waals surface area contributed by atoms with Crippen molar-refractivity contribution in [2.24, 2.45) is 9.98 Å². The lowest BCUT2D eigenvalue weighted by molar-refractivity contribution is 0.163. The molecule has 2 aromatic rings. The maximum Gasteiger partial charge on any atom is 0.322 e. The monoisotopic (exact) mass is 769 g/mol. The van der Waals surface area contributed by atoms with Crippen molar-refractivity contribution in [1.82, 2.24) is 40.5 Å². The molecule has 0 spiro atoms. The van der Waals surface area contributed by atoms with Crippen molar-refractivity contribution in [3.63, 3.8) is 0 Å². The largest absolute Gasteiger partial charge is 0.467 e. The molecule has 0 bridgehead atoms. The Labute approximate surface area is 329 Å². The lowest BCUT2D eigenvalue weighted by Crippen LogP contribution is -2.59. The first-order chi connectivity index (χ1) is 25.9. The summed E-state index contributed by atoms with van der Waals surface area (Å²) < 4.78 is 27.9. The first-order valence-corrected chi connectivity index (χ1v) is 20.0. The first-order valence-electron chi connectivity index (χ1n) is 20.0. The van der Waals surface area contributed by atoms with Gasteiger partial charge in [-0.15, -0.1) is 9.97 Å². The molecular formula is C40H68N10O5. The molecule has 0 aliphatic carbocycles. The molecule has 2 saturated heterocycles. The van der Waals surface area contributed by atoms with Crippen LogP contribution in [-0.2, 0) is 17.6 Å². The SMILES string of the molecule is COc1nc(CCCCCC(=NC2CC(C)(C)NC(C)(C)C2)OC(CCCCCc2nc(OC)nc(OC)n2)=NC2CC(C)(C)NC(C)(C)C2)nc(OC)n1. The van der Waals surface area contributed by atoms with Crippen molar-refractivity contribution >= 4 is 11.8 Å². The summed E-state index contributed by atoms with van der Waals surface area (Å²) in [5.74, 6) is 2.86. The molecule has 0 amide bonds. The van der Waals surface area contributed by atoms with Gasteiger partial charge in [-0.25, -0.2) is 0 Å². The Kier molecular flexibility index (Phi) is 15.5. The number of hydrogen-bond donors (Lipinski definition) is 2. The predicted molar refractivity (Wildman–Crippen MR) is 215 cm³/mol. The fourth-order valence-corrected chi connectivity index (χ4v) is 8.36.